The highest BCUT2D eigenvalue weighted by atomic mass is 16.5. The lowest BCUT2D eigenvalue weighted by atomic mass is 9.85. The van der Waals surface area contributed by atoms with Gasteiger partial charge in [0.05, 0.1) is 18.1 Å². The van der Waals surface area contributed by atoms with Gasteiger partial charge in [0, 0.05) is 6.54 Å². The summed E-state index contributed by atoms with van der Waals surface area (Å²) in [7, 11) is 1.51. The van der Waals surface area contributed by atoms with Crippen molar-refractivity contribution in [2.45, 2.75) is 25.7 Å². The van der Waals surface area contributed by atoms with Crippen LogP contribution >= 0.6 is 0 Å². The lowest BCUT2D eigenvalue weighted by molar-refractivity contribution is -0.124. The van der Waals surface area contributed by atoms with Gasteiger partial charge < -0.3 is 15.8 Å². The van der Waals surface area contributed by atoms with Crippen molar-refractivity contribution < 1.29 is 9.53 Å². The Labute approximate surface area is 118 Å². The second-order valence-electron chi connectivity index (χ2n) is 5.14. The van der Waals surface area contributed by atoms with E-state index in [0.717, 1.165) is 25.7 Å². The Morgan fingerprint density at radius 3 is 2.75 bits per heavy atom. The zero-order valence-corrected chi connectivity index (χ0v) is 11.6. The number of methoxy groups -OCH3 is 1. The molecule has 1 aliphatic rings. The number of nitrogens with one attached hydrogen (secondary N) is 1. The van der Waals surface area contributed by atoms with Crippen molar-refractivity contribution in [3.63, 3.8) is 0 Å². The Kier molecular flexibility index (Phi) is 4.26. The van der Waals surface area contributed by atoms with Crippen LogP contribution in [0.5, 0.6) is 5.75 Å². The maximum atomic E-state index is 12.5. The van der Waals surface area contributed by atoms with E-state index < -0.39 is 5.41 Å². The standard InChI is InChI=1S/C15H19N3O2/c1-20-12-6-4-5-11(9-16)13(12)18-14(19)15(10-17)7-2-3-8-15/h4-6H,2-3,7-8,10,17H2,1H3,(H,18,19). The number of carbonyl (C=O) groups is 1. The molecule has 0 saturated heterocycles. The number of hydrogen-bond donors (Lipinski definition) is 2. The number of hydrogen-bond acceptors (Lipinski definition) is 4. The van der Waals surface area contributed by atoms with Crippen LogP contribution in [-0.2, 0) is 4.79 Å². The number of benzene rings is 1. The highest BCUT2D eigenvalue weighted by Gasteiger charge is 2.40. The van der Waals surface area contributed by atoms with Crippen LogP contribution in [0.4, 0.5) is 5.69 Å². The molecule has 5 nitrogen and oxygen atoms in total. The molecule has 0 atom stereocenters. The fraction of sp³-hybridized carbons (Fsp3) is 0.467. The van der Waals surface area contributed by atoms with Crippen LogP contribution in [0.2, 0.25) is 0 Å². The minimum absolute atomic E-state index is 0.112. The molecule has 1 saturated carbocycles. The molecule has 106 valence electrons. The predicted molar refractivity (Wildman–Crippen MR) is 76.3 cm³/mol. The van der Waals surface area contributed by atoms with E-state index in [9.17, 15) is 4.79 Å². The van der Waals surface area contributed by atoms with E-state index in [-0.39, 0.29) is 5.91 Å². The van der Waals surface area contributed by atoms with E-state index in [1.54, 1.807) is 18.2 Å². The summed E-state index contributed by atoms with van der Waals surface area (Å²) in [5.41, 5.74) is 6.13. The van der Waals surface area contributed by atoms with Gasteiger partial charge in [0.2, 0.25) is 5.91 Å². The zero-order chi connectivity index (χ0) is 14.6. The van der Waals surface area contributed by atoms with Crippen LogP contribution in [0.1, 0.15) is 31.2 Å². The average molecular weight is 273 g/mol. The Morgan fingerprint density at radius 1 is 1.50 bits per heavy atom. The third-order valence-electron chi connectivity index (χ3n) is 4.04. The van der Waals surface area contributed by atoms with E-state index in [4.69, 9.17) is 15.7 Å². The van der Waals surface area contributed by atoms with Crippen molar-refractivity contribution in [2.24, 2.45) is 11.1 Å². The van der Waals surface area contributed by atoms with Gasteiger partial charge in [0.25, 0.3) is 0 Å². The minimum Gasteiger partial charge on any atom is -0.495 e. The molecule has 1 fully saturated rings. The first kappa shape index (κ1) is 14.4. The maximum absolute atomic E-state index is 12.5. The quantitative estimate of drug-likeness (QED) is 0.878. The van der Waals surface area contributed by atoms with Gasteiger partial charge in [-0.2, -0.15) is 5.26 Å². The lowest BCUT2D eigenvalue weighted by Crippen LogP contribution is -2.40. The first-order valence-corrected chi connectivity index (χ1v) is 6.75. The number of nitrogens with two attached hydrogens (primary N) is 1. The largest absolute Gasteiger partial charge is 0.495 e. The van der Waals surface area contributed by atoms with Crippen molar-refractivity contribution in [1.82, 2.24) is 0 Å². The molecule has 0 radical (unpaired) electrons. The molecule has 0 bridgehead atoms. The van der Waals surface area contributed by atoms with Crippen LogP contribution in [-0.4, -0.2) is 19.6 Å². The number of carbonyl (C=O) groups excluding carboxylic acids is 1. The normalized spacial score (nSPS) is 16.4. The van der Waals surface area contributed by atoms with Crippen LogP contribution in [0, 0.1) is 16.7 Å². The number of para-hydroxylation sites is 1. The molecule has 1 aliphatic carbocycles. The third-order valence-corrected chi connectivity index (χ3v) is 4.04. The highest BCUT2D eigenvalue weighted by Crippen LogP contribution is 2.39. The monoisotopic (exact) mass is 273 g/mol. The van der Waals surface area contributed by atoms with Gasteiger partial charge in [0.1, 0.15) is 17.5 Å². The number of nitrogens with zero attached hydrogens (tertiary/aromatic N) is 1. The number of rotatable bonds is 4. The van der Waals surface area contributed by atoms with Crippen molar-refractivity contribution in [3.8, 4) is 11.8 Å². The number of nitriles is 1. The molecule has 0 aromatic heterocycles. The van der Waals surface area contributed by atoms with Crippen LogP contribution in [0.3, 0.4) is 0 Å². The lowest BCUT2D eigenvalue weighted by Gasteiger charge is -2.26. The van der Waals surface area contributed by atoms with Crippen LogP contribution in [0.25, 0.3) is 0 Å². The van der Waals surface area contributed by atoms with Crippen molar-refractivity contribution in [1.29, 1.82) is 5.26 Å². The molecule has 20 heavy (non-hydrogen) atoms. The molecule has 0 unspecified atom stereocenters. The third kappa shape index (κ3) is 2.47. The van der Waals surface area contributed by atoms with Crippen molar-refractivity contribution in [3.05, 3.63) is 23.8 Å². The van der Waals surface area contributed by atoms with Gasteiger partial charge in [-0.25, -0.2) is 0 Å². The summed E-state index contributed by atoms with van der Waals surface area (Å²) in [6.07, 6.45) is 3.63. The highest BCUT2D eigenvalue weighted by molar-refractivity contribution is 5.98. The van der Waals surface area contributed by atoms with Gasteiger partial charge >= 0.3 is 0 Å². The molecule has 0 aliphatic heterocycles. The molecule has 0 spiro atoms. The summed E-state index contributed by atoms with van der Waals surface area (Å²) in [6, 6.07) is 7.17. The summed E-state index contributed by atoms with van der Waals surface area (Å²) in [4.78, 5) is 12.5. The maximum Gasteiger partial charge on any atom is 0.232 e. The van der Waals surface area contributed by atoms with Gasteiger partial charge in [-0.1, -0.05) is 18.9 Å². The Hall–Kier alpha value is -2.06. The Balaban J connectivity index is 2.30. The van der Waals surface area contributed by atoms with Crippen molar-refractivity contribution >= 4 is 11.6 Å². The molecule has 5 heteroatoms. The van der Waals surface area contributed by atoms with E-state index >= 15 is 0 Å². The molecule has 0 heterocycles. The summed E-state index contributed by atoms with van der Waals surface area (Å²) >= 11 is 0. The zero-order valence-electron chi connectivity index (χ0n) is 11.6. The van der Waals surface area contributed by atoms with E-state index in [1.807, 2.05) is 0 Å². The van der Waals surface area contributed by atoms with Gasteiger partial charge in [0.15, 0.2) is 0 Å². The van der Waals surface area contributed by atoms with E-state index in [1.165, 1.54) is 7.11 Å². The smallest absolute Gasteiger partial charge is 0.232 e. The van der Waals surface area contributed by atoms with E-state index in [0.29, 0.717) is 23.5 Å². The van der Waals surface area contributed by atoms with Gasteiger partial charge in [-0.05, 0) is 25.0 Å². The second-order valence-corrected chi connectivity index (χ2v) is 5.14. The van der Waals surface area contributed by atoms with E-state index in [2.05, 4.69) is 11.4 Å². The van der Waals surface area contributed by atoms with Crippen LogP contribution in [0.15, 0.2) is 18.2 Å². The molecule has 2 rings (SSSR count). The minimum atomic E-state index is -0.506. The van der Waals surface area contributed by atoms with Crippen molar-refractivity contribution in [2.75, 3.05) is 19.0 Å². The summed E-state index contributed by atoms with van der Waals surface area (Å²) in [5, 5.41) is 12.0. The number of amides is 1. The second kappa shape index (κ2) is 5.93. The first-order chi connectivity index (χ1) is 9.66. The fourth-order valence-electron chi connectivity index (χ4n) is 2.75. The summed E-state index contributed by atoms with van der Waals surface area (Å²) in [6.45, 7) is 0.329. The molecule has 1 aromatic rings. The topological polar surface area (TPSA) is 88.1 Å². The van der Waals surface area contributed by atoms with Gasteiger partial charge in [-0.3, -0.25) is 4.79 Å². The number of anilines is 1. The Morgan fingerprint density at radius 2 is 2.20 bits per heavy atom. The molecular formula is C15H19N3O2. The van der Waals surface area contributed by atoms with Crippen LogP contribution < -0.4 is 15.8 Å². The fourth-order valence-corrected chi connectivity index (χ4v) is 2.75. The molecule has 1 aromatic carbocycles. The summed E-state index contributed by atoms with van der Waals surface area (Å²) < 4.78 is 5.22. The van der Waals surface area contributed by atoms with Gasteiger partial charge in [-0.15, -0.1) is 0 Å². The summed E-state index contributed by atoms with van der Waals surface area (Å²) in [5.74, 6) is 0.376. The SMILES string of the molecule is COc1cccc(C#N)c1NC(=O)C1(CN)CCCC1. The molecule has 1 amide bonds. The average Bonchev–Trinajstić information content (AvgIpc) is 2.97. The predicted octanol–water partition coefficient (Wildman–Crippen LogP) is 2.02. The number of ether oxygens (including phenoxy) is 1. The first-order valence-electron chi connectivity index (χ1n) is 6.75. The molecular weight excluding hydrogens is 254 g/mol. The Bertz CT molecular complexity index is 543. The molecule has 3 N–H and O–H groups in total.